The number of anilines is 1. The van der Waals surface area contributed by atoms with Gasteiger partial charge in [0.05, 0.1) is 17.7 Å². The Balaban J connectivity index is 2.07. The van der Waals surface area contributed by atoms with Gasteiger partial charge < -0.3 is 10.6 Å². The first-order valence-corrected chi connectivity index (χ1v) is 8.27. The lowest BCUT2D eigenvalue weighted by molar-refractivity contribution is -0.115. The molecule has 2 N–H and O–H groups in total. The Kier molecular flexibility index (Phi) is 6.13. The predicted octanol–water partition coefficient (Wildman–Crippen LogP) is 3.57. The zero-order valence-electron chi connectivity index (χ0n) is 14.4. The molecule has 0 saturated carbocycles. The lowest BCUT2D eigenvalue weighted by atomic mass is 10.1. The second kappa shape index (κ2) is 8.29. The van der Waals surface area contributed by atoms with E-state index in [0.29, 0.717) is 11.3 Å². The Bertz CT molecular complexity index is 706. The molecule has 0 unspecified atom stereocenters. The third-order valence-corrected chi connectivity index (χ3v) is 3.66. The average molecular weight is 324 g/mol. The molecule has 0 fully saturated rings. The van der Waals surface area contributed by atoms with E-state index in [9.17, 15) is 9.59 Å². The van der Waals surface area contributed by atoms with Crippen LogP contribution in [0.4, 0.5) is 5.69 Å². The standard InChI is InChI=1S/C20H24N2O2/c1-4-15-9-11-16(12-10-15)13-19(23)22-18-8-6-5-7-17(18)20(24)21-14(2)3/h5-12,14H,4,13H2,1-3H3,(H,21,24)(H,22,23). The molecule has 0 aliphatic carbocycles. The van der Waals surface area contributed by atoms with Crippen molar-refractivity contribution in [2.75, 3.05) is 5.32 Å². The maximum Gasteiger partial charge on any atom is 0.253 e. The summed E-state index contributed by atoms with van der Waals surface area (Å²) in [6.07, 6.45) is 1.26. The molecule has 0 saturated heterocycles. The summed E-state index contributed by atoms with van der Waals surface area (Å²) in [4.78, 5) is 24.5. The Morgan fingerprint density at radius 1 is 0.958 bits per heavy atom. The zero-order valence-corrected chi connectivity index (χ0v) is 14.4. The van der Waals surface area contributed by atoms with Crippen LogP contribution in [-0.4, -0.2) is 17.9 Å². The normalized spacial score (nSPS) is 10.5. The van der Waals surface area contributed by atoms with E-state index in [1.165, 1.54) is 5.56 Å². The molecule has 126 valence electrons. The van der Waals surface area contributed by atoms with Crippen molar-refractivity contribution in [1.82, 2.24) is 5.32 Å². The van der Waals surface area contributed by atoms with Gasteiger partial charge in [-0.3, -0.25) is 9.59 Å². The lowest BCUT2D eigenvalue weighted by Gasteiger charge is -2.13. The van der Waals surface area contributed by atoms with Crippen LogP contribution in [0, 0.1) is 0 Å². The monoisotopic (exact) mass is 324 g/mol. The summed E-state index contributed by atoms with van der Waals surface area (Å²) < 4.78 is 0. The van der Waals surface area contributed by atoms with Crippen LogP contribution >= 0.6 is 0 Å². The Hall–Kier alpha value is -2.62. The molecule has 2 rings (SSSR count). The van der Waals surface area contributed by atoms with Gasteiger partial charge in [-0.15, -0.1) is 0 Å². The number of amides is 2. The van der Waals surface area contributed by atoms with Crippen LogP contribution in [0.3, 0.4) is 0 Å². The van der Waals surface area contributed by atoms with Gasteiger partial charge in [-0.25, -0.2) is 0 Å². The van der Waals surface area contributed by atoms with Gasteiger partial charge >= 0.3 is 0 Å². The van der Waals surface area contributed by atoms with E-state index < -0.39 is 0 Å². The summed E-state index contributed by atoms with van der Waals surface area (Å²) in [5.41, 5.74) is 3.20. The third kappa shape index (κ3) is 4.95. The van der Waals surface area contributed by atoms with E-state index >= 15 is 0 Å². The highest BCUT2D eigenvalue weighted by atomic mass is 16.2. The predicted molar refractivity (Wildman–Crippen MR) is 97.2 cm³/mol. The topological polar surface area (TPSA) is 58.2 Å². The maximum atomic E-state index is 12.3. The van der Waals surface area contributed by atoms with Crippen LogP contribution in [-0.2, 0) is 17.6 Å². The number of hydrogen-bond donors (Lipinski definition) is 2. The third-order valence-electron chi connectivity index (χ3n) is 3.66. The fraction of sp³-hybridized carbons (Fsp3) is 0.300. The van der Waals surface area contributed by atoms with Gasteiger partial charge in [-0.05, 0) is 43.5 Å². The first kappa shape index (κ1) is 17.7. The van der Waals surface area contributed by atoms with Crippen molar-refractivity contribution < 1.29 is 9.59 Å². The number of nitrogens with one attached hydrogen (secondary N) is 2. The van der Waals surface area contributed by atoms with E-state index in [2.05, 4.69) is 17.6 Å². The highest BCUT2D eigenvalue weighted by Gasteiger charge is 2.14. The highest BCUT2D eigenvalue weighted by Crippen LogP contribution is 2.16. The zero-order chi connectivity index (χ0) is 17.5. The maximum absolute atomic E-state index is 12.3. The molecule has 2 aromatic carbocycles. The molecule has 2 aromatic rings. The van der Waals surface area contributed by atoms with Gasteiger partial charge in [0.1, 0.15) is 0 Å². The second-order valence-electron chi connectivity index (χ2n) is 6.07. The van der Waals surface area contributed by atoms with E-state index in [0.717, 1.165) is 12.0 Å². The fourth-order valence-electron chi connectivity index (χ4n) is 2.40. The minimum absolute atomic E-state index is 0.0401. The highest BCUT2D eigenvalue weighted by molar-refractivity contribution is 6.04. The molecule has 0 aliphatic rings. The Labute approximate surface area is 143 Å². The van der Waals surface area contributed by atoms with Crippen molar-refractivity contribution in [3.8, 4) is 0 Å². The van der Waals surface area contributed by atoms with E-state index in [1.807, 2.05) is 38.1 Å². The molecule has 0 atom stereocenters. The van der Waals surface area contributed by atoms with Crippen molar-refractivity contribution in [3.63, 3.8) is 0 Å². The summed E-state index contributed by atoms with van der Waals surface area (Å²) in [5, 5.41) is 5.69. The van der Waals surface area contributed by atoms with Crippen LogP contribution in [0.15, 0.2) is 48.5 Å². The summed E-state index contributed by atoms with van der Waals surface area (Å²) in [6.45, 7) is 5.90. The molecule has 0 aromatic heterocycles. The summed E-state index contributed by atoms with van der Waals surface area (Å²) in [7, 11) is 0. The first-order valence-electron chi connectivity index (χ1n) is 8.27. The molecule has 0 bridgehead atoms. The molecule has 0 heterocycles. The number of aryl methyl sites for hydroxylation is 1. The van der Waals surface area contributed by atoms with Crippen molar-refractivity contribution >= 4 is 17.5 Å². The van der Waals surface area contributed by atoms with E-state index in [4.69, 9.17) is 0 Å². The minimum Gasteiger partial charge on any atom is -0.350 e. The summed E-state index contributed by atoms with van der Waals surface area (Å²) >= 11 is 0. The van der Waals surface area contributed by atoms with Crippen molar-refractivity contribution in [1.29, 1.82) is 0 Å². The molecule has 0 radical (unpaired) electrons. The average Bonchev–Trinajstić information content (AvgIpc) is 2.55. The Morgan fingerprint density at radius 3 is 2.21 bits per heavy atom. The van der Waals surface area contributed by atoms with Crippen LogP contribution in [0.5, 0.6) is 0 Å². The molecule has 0 spiro atoms. The Morgan fingerprint density at radius 2 is 1.58 bits per heavy atom. The smallest absolute Gasteiger partial charge is 0.253 e. The summed E-state index contributed by atoms with van der Waals surface area (Å²) in [6, 6.07) is 15.1. The van der Waals surface area contributed by atoms with Gasteiger partial charge in [-0.1, -0.05) is 43.3 Å². The van der Waals surface area contributed by atoms with Crippen molar-refractivity contribution in [2.45, 2.75) is 39.7 Å². The number of carbonyl (C=O) groups is 2. The fourth-order valence-corrected chi connectivity index (χ4v) is 2.40. The van der Waals surface area contributed by atoms with Crippen LogP contribution in [0.25, 0.3) is 0 Å². The van der Waals surface area contributed by atoms with Gasteiger partial charge in [0.25, 0.3) is 5.91 Å². The number of benzene rings is 2. The van der Waals surface area contributed by atoms with Crippen LogP contribution in [0.1, 0.15) is 42.3 Å². The number of para-hydroxylation sites is 1. The molecule has 4 nitrogen and oxygen atoms in total. The second-order valence-corrected chi connectivity index (χ2v) is 6.07. The first-order chi connectivity index (χ1) is 11.5. The summed E-state index contributed by atoms with van der Waals surface area (Å²) in [5.74, 6) is -0.322. The SMILES string of the molecule is CCc1ccc(CC(=O)Nc2ccccc2C(=O)NC(C)C)cc1. The molecule has 24 heavy (non-hydrogen) atoms. The van der Waals surface area contributed by atoms with Gasteiger partial charge in [0, 0.05) is 6.04 Å². The van der Waals surface area contributed by atoms with Crippen molar-refractivity contribution in [3.05, 3.63) is 65.2 Å². The van der Waals surface area contributed by atoms with Crippen LogP contribution in [0.2, 0.25) is 0 Å². The quantitative estimate of drug-likeness (QED) is 0.853. The van der Waals surface area contributed by atoms with E-state index in [-0.39, 0.29) is 24.3 Å². The van der Waals surface area contributed by atoms with E-state index in [1.54, 1.807) is 24.3 Å². The molecular formula is C20H24N2O2. The molecule has 2 amide bonds. The van der Waals surface area contributed by atoms with Gasteiger partial charge in [0.15, 0.2) is 0 Å². The molecule has 4 heteroatoms. The number of carbonyl (C=O) groups excluding carboxylic acids is 2. The molecular weight excluding hydrogens is 300 g/mol. The van der Waals surface area contributed by atoms with Gasteiger partial charge in [0.2, 0.25) is 5.91 Å². The van der Waals surface area contributed by atoms with Gasteiger partial charge in [-0.2, -0.15) is 0 Å². The number of hydrogen-bond acceptors (Lipinski definition) is 2. The van der Waals surface area contributed by atoms with Crippen LogP contribution < -0.4 is 10.6 Å². The minimum atomic E-state index is -0.187. The number of rotatable bonds is 6. The van der Waals surface area contributed by atoms with Crippen molar-refractivity contribution in [2.24, 2.45) is 0 Å². The lowest BCUT2D eigenvalue weighted by Crippen LogP contribution is -2.31. The largest absolute Gasteiger partial charge is 0.350 e. The molecule has 0 aliphatic heterocycles.